The summed E-state index contributed by atoms with van der Waals surface area (Å²) in [5.41, 5.74) is -1.82. The maximum atomic E-state index is 10.9. The number of thiophene rings is 1. The van der Waals surface area contributed by atoms with Crippen LogP contribution in [0, 0.1) is 11.8 Å². The molecule has 0 aliphatic rings. The highest BCUT2D eigenvalue weighted by atomic mass is 32.1. The summed E-state index contributed by atoms with van der Waals surface area (Å²) in [5.74, 6) is 5.53. The molecular formula is C16H16O2S. The number of hydrogen-bond acceptors (Lipinski definition) is 3. The minimum Gasteiger partial charge on any atom is -0.378 e. The minimum absolute atomic E-state index is 0.703. The van der Waals surface area contributed by atoms with Gasteiger partial charge in [-0.25, -0.2) is 0 Å². The molecule has 98 valence electrons. The Morgan fingerprint density at radius 3 is 2.16 bits per heavy atom. The fourth-order valence-corrected chi connectivity index (χ4v) is 2.48. The van der Waals surface area contributed by atoms with Crippen molar-refractivity contribution in [3.05, 3.63) is 58.3 Å². The molecule has 0 saturated heterocycles. The Bertz CT molecular complexity index is 585. The topological polar surface area (TPSA) is 40.5 Å². The molecule has 1 aromatic heterocycles. The van der Waals surface area contributed by atoms with Gasteiger partial charge in [0, 0.05) is 5.56 Å². The Labute approximate surface area is 117 Å². The molecule has 0 aliphatic carbocycles. The Hall–Kier alpha value is -1.60. The summed E-state index contributed by atoms with van der Waals surface area (Å²) in [6, 6.07) is 13.0. The van der Waals surface area contributed by atoms with Crippen molar-refractivity contribution < 1.29 is 10.2 Å². The Morgan fingerprint density at radius 1 is 0.947 bits per heavy atom. The van der Waals surface area contributed by atoms with Crippen LogP contribution in [0.5, 0.6) is 0 Å². The van der Waals surface area contributed by atoms with Crippen LogP contribution in [0.3, 0.4) is 0 Å². The lowest BCUT2D eigenvalue weighted by atomic mass is 9.92. The van der Waals surface area contributed by atoms with Crippen LogP contribution in [-0.4, -0.2) is 15.8 Å². The summed E-state index contributed by atoms with van der Waals surface area (Å²) in [7, 11) is 0. The van der Waals surface area contributed by atoms with Gasteiger partial charge in [-0.2, -0.15) is 0 Å². The molecule has 2 nitrogen and oxygen atoms in total. The fourth-order valence-electron chi connectivity index (χ4n) is 1.68. The first-order valence-corrected chi connectivity index (χ1v) is 6.88. The molecule has 0 fully saturated rings. The van der Waals surface area contributed by atoms with Gasteiger partial charge in [0.1, 0.15) is 5.60 Å². The van der Waals surface area contributed by atoms with Crippen LogP contribution in [0.25, 0.3) is 0 Å². The molecule has 3 heteroatoms. The molecular weight excluding hydrogens is 256 g/mol. The van der Waals surface area contributed by atoms with Gasteiger partial charge < -0.3 is 10.2 Å². The lowest BCUT2D eigenvalue weighted by Gasteiger charge is -2.22. The van der Waals surface area contributed by atoms with E-state index in [4.69, 9.17) is 0 Å². The molecule has 0 spiro atoms. The lowest BCUT2D eigenvalue weighted by Crippen LogP contribution is -2.26. The van der Waals surface area contributed by atoms with Gasteiger partial charge in [0.2, 0.25) is 0 Å². The normalized spacial score (nSPS) is 14.3. The summed E-state index contributed by atoms with van der Waals surface area (Å²) in [6.45, 7) is 3.19. The van der Waals surface area contributed by atoms with Crippen LogP contribution in [0.4, 0.5) is 0 Å². The molecule has 1 unspecified atom stereocenters. The summed E-state index contributed by atoms with van der Waals surface area (Å²) in [4.78, 5) is 0.746. The number of hydrogen-bond donors (Lipinski definition) is 2. The first-order chi connectivity index (χ1) is 8.92. The average Bonchev–Trinajstić information content (AvgIpc) is 2.90. The highest BCUT2D eigenvalue weighted by Gasteiger charge is 2.30. The van der Waals surface area contributed by atoms with Crippen LogP contribution < -0.4 is 0 Å². The molecule has 0 bridgehead atoms. The van der Waals surface area contributed by atoms with E-state index in [0.717, 1.165) is 4.88 Å². The molecule has 0 amide bonds. The van der Waals surface area contributed by atoms with Crippen LogP contribution in [0.15, 0.2) is 47.8 Å². The number of rotatable bonds is 2. The zero-order chi connectivity index (χ0) is 13.9. The second-order valence-corrected chi connectivity index (χ2v) is 5.81. The molecule has 0 radical (unpaired) electrons. The smallest absolute Gasteiger partial charge is 0.186 e. The Balaban J connectivity index is 2.54. The molecule has 0 saturated carbocycles. The number of aliphatic hydroxyl groups is 2. The summed E-state index contributed by atoms with van der Waals surface area (Å²) < 4.78 is 0. The van der Waals surface area contributed by atoms with Crippen molar-refractivity contribution in [3.8, 4) is 11.8 Å². The summed E-state index contributed by atoms with van der Waals surface area (Å²) in [5, 5.41) is 22.6. The van der Waals surface area contributed by atoms with E-state index >= 15 is 0 Å². The first kappa shape index (κ1) is 13.8. The van der Waals surface area contributed by atoms with Crippen LogP contribution in [0.2, 0.25) is 0 Å². The minimum atomic E-state index is -1.38. The van der Waals surface area contributed by atoms with Gasteiger partial charge in [0.25, 0.3) is 0 Å². The maximum absolute atomic E-state index is 10.9. The Morgan fingerprint density at radius 2 is 1.63 bits per heavy atom. The summed E-state index contributed by atoms with van der Waals surface area (Å²) >= 11 is 1.44. The van der Waals surface area contributed by atoms with Crippen molar-refractivity contribution >= 4 is 11.3 Å². The van der Waals surface area contributed by atoms with Crippen LogP contribution in [-0.2, 0) is 5.60 Å². The Kier molecular flexibility index (Phi) is 3.77. The molecule has 2 rings (SSSR count). The maximum Gasteiger partial charge on any atom is 0.186 e. The van der Waals surface area contributed by atoms with Gasteiger partial charge in [-0.1, -0.05) is 48.2 Å². The van der Waals surface area contributed by atoms with E-state index in [0.29, 0.717) is 5.56 Å². The van der Waals surface area contributed by atoms with E-state index in [-0.39, 0.29) is 0 Å². The van der Waals surface area contributed by atoms with Crippen molar-refractivity contribution in [1.29, 1.82) is 0 Å². The van der Waals surface area contributed by atoms with Gasteiger partial charge in [-0.05, 0) is 25.3 Å². The van der Waals surface area contributed by atoms with Crippen molar-refractivity contribution in [2.75, 3.05) is 0 Å². The van der Waals surface area contributed by atoms with Crippen molar-refractivity contribution in [2.45, 2.75) is 25.0 Å². The van der Waals surface area contributed by atoms with E-state index in [1.54, 1.807) is 13.8 Å². The third kappa shape index (κ3) is 3.24. The van der Waals surface area contributed by atoms with Gasteiger partial charge >= 0.3 is 0 Å². The quantitative estimate of drug-likeness (QED) is 0.825. The van der Waals surface area contributed by atoms with Gasteiger partial charge in [0.05, 0.1) is 4.88 Å². The van der Waals surface area contributed by atoms with E-state index in [1.807, 2.05) is 47.8 Å². The highest BCUT2D eigenvalue weighted by molar-refractivity contribution is 7.10. The predicted octanol–water partition coefficient (Wildman–Crippen LogP) is 2.76. The summed E-state index contributed by atoms with van der Waals surface area (Å²) in [6.07, 6.45) is 0. The van der Waals surface area contributed by atoms with Crippen molar-refractivity contribution in [1.82, 2.24) is 0 Å². The van der Waals surface area contributed by atoms with E-state index < -0.39 is 11.2 Å². The molecule has 1 aromatic carbocycles. The SMILES string of the molecule is CC(C)(O)C#CC(O)(c1ccccc1)c1cccs1. The van der Waals surface area contributed by atoms with Crippen molar-refractivity contribution in [3.63, 3.8) is 0 Å². The third-order valence-corrected chi connectivity index (χ3v) is 3.60. The second kappa shape index (κ2) is 5.18. The molecule has 1 atom stereocenters. The van der Waals surface area contributed by atoms with Gasteiger partial charge in [-0.3, -0.25) is 0 Å². The van der Waals surface area contributed by atoms with Crippen molar-refractivity contribution in [2.24, 2.45) is 0 Å². The largest absolute Gasteiger partial charge is 0.378 e. The molecule has 19 heavy (non-hydrogen) atoms. The zero-order valence-electron chi connectivity index (χ0n) is 10.9. The van der Waals surface area contributed by atoms with Crippen LogP contribution >= 0.6 is 11.3 Å². The standard InChI is InChI=1S/C16H16O2S/c1-15(2,17)10-11-16(18,14-9-6-12-19-14)13-7-4-3-5-8-13/h3-9,12,17-18H,1-2H3. The van der Waals surface area contributed by atoms with E-state index in [2.05, 4.69) is 11.8 Å². The monoisotopic (exact) mass is 272 g/mol. The average molecular weight is 272 g/mol. The second-order valence-electron chi connectivity index (χ2n) is 4.86. The molecule has 1 heterocycles. The van der Waals surface area contributed by atoms with Gasteiger partial charge in [-0.15, -0.1) is 11.3 Å². The third-order valence-electron chi connectivity index (χ3n) is 2.62. The van der Waals surface area contributed by atoms with E-state index in [9.17, 15) is 10.2 Å². The zero-order valence-corrected chi connectivity index (χ0v) is 11.7. The highest BCUT2D eigenvalue weighted by Crippen LogP contribution is 2.32. The predicted molar refractivity (Wildman–Crippen MR) is 77.8 cm³/mol. The number of benzene rings is 1. The van der Waals surface area contributed by atoms with Gasteiger partial charge in [0.15, 0.2) is 5.60 Å². The fraction of sp³-hybridized carbons (Fsp3) is 0.250. The molecule has 2 aromatic rings. The lowest BCUT2D eigenvalue weighted by molar-refractivity contribution is 0.134. The van der Waals surface area contributed by atoms with Crippen LogP contribution in [0.1, 0.15) is 24.3 Å². The first-order valence-electron chi connectivity index (χ1n) is 6.00. The molecule has 0 aliphatic heterocycles. The molecule has 2 N–H and O–H groups in total. The van der Waals surface area contributed by atoms with E-state index in [1.165, 1.54) is 11.3 Å².